The molecule has 5 heteroatoms. The fourth-order valence-electron chi connectivity index (χ4n) is 2.57. The third-order valence-electron chi connectivity index (χ3n) is 3.55. The molecule has 1 aliphatic rings. The Morgan fingerprint density at radius 3 is 2.47 bits per heavy atom. The van der Waals surface area contributed by atoms with Gasteiger partial charge in [-0.25, -0.2) is 0 Å². The Bertz CT molecular complexity index is 566. The van der Waals surface area contributed by atoms with E-state index in [0.29, 0.717) is 6.04 Å². The van der Waals surface area contributed by atoms with Gasteiger partial charge < -0.3 is 0 Å². The normalized spacial score (nSPS) is 16.6. The van der Waals surface area contributed by atoms with Crippen molar-refractivity contribution in [2.45, 2.75) is 33.4 Å². The van der Waals surface area contributed by atoms with Gasteiger partial charge in [-0.3, -0.25) is 19.5 Å². The first-order chi connectivity index (χ1) is 9.11. The molecular weight excluding hydrogens is 238 g/mol. The van der Waals surface area contributed by atoms with Crippen LogP contribution in [0.1, 0.15) is 28.8 Å². The van der Waals surface area contributed by atoms with Crippen molar-refractivity contribution in [1.29, 1.82) is 0 Å². The second kappa shape index (κ2) is 4.74. The number of likely N-dealkylation sites (tertiary alicyclic amines) is 1. The van der Waals surface area contributed by atoms with Gasteiger partial charge in [0.15, 0.2) is 0 Å². The van der Waals surface area contributed by atoms with Crippen molar-refractivity contribution in [2.24, 2.45) is 0 Å². The highest BCUT2D eigenvalue weighted by atomic mass is 15.4. The van der Waals surface area contributed by atoms with Gasteiger partial charge in [-0.1, -0.05) is 0 Å². The zero-order chi connectivity index (χ0) is 13.4. The van der Waals surface area contributed by atoms with Crippen LogP contribution in [0, 0.1) is 20.8 Å². The summed E-state index contributed by atoms with van der Waals surface area (Å²) in [7, 11) is 0. The van der Waals surface area contributed by atoms with E-state index in [2.05, 4.69) is 37.6 Å². The van der Waals surface area contributed by atoms with Gasteiger partial charge >= 0.3 is 0 Å². The van der Waals surface area contributed by atoms with Gasteiger partial charge in [0, 0.05) is 37.7 Å². The predicted octanol–water partition coefficient (Wildman–Crippen LogP) is 1.66. The quantitative estimate of drug-likeness (QED) is 0.839. The lowest BCUT2D eigenvalue weighted by Gasteiger charge is -2.39. The largest absolute Gasteiger partial charge is 0.293 e. The Morgan fingerprint density at radius 1 is 1.11 bits per heavy atom. The molecule has 2 aromatic rings. The van der Waals surface area contributed by atoms with Crippen molar-refractivity contribution in [2.75, 3.05) is 13.1 Å². The second-order valence-corrected chi connectivity index (χ2v) is 5.37. The predicted molar refractivity (Wildman–Crippen MR) is 72.8 cm³/mol. The summed E-state index contributed by atoms with van der Waals surface area (Å²) in [5.74, 6) is 0. The number of aryl methyl sites for hydroxylation is 3. The SMILES string of the molecule is Cc1cnc(CN2CC(n3nc(C)cc3C)C2)cn1. The van der Waals surface area contributed by atoms with Crippen LogP contribution in [-0.2, 0) is 6.54 Å². The van der Waals surface area contributed by atoms with E-state index in [1.165, 1.54) is 5.69 Å². The lowest BCUT2D eigenvalue weighted by atomic mass is 10.1. The summed E-state index contributed by atoms with van der Waals surface area (Å²) in [6.45, 7) is 9.08. The van der Waals surface area contributed by atoms with E-state index in [1.807, 2.05) is 26.2 Å². The molecule has 3 rings (SSSR count). The molecular formula is C14H19N5. The highest BCUT2D eigenvalue weighted by Crippen LogP contribution is 2.23. The zero-order valence-corrected chi connectivity index (χ0v) is 11.7. The molecule has 0 N–H and O–H groups in total. The Kier molecular flexibility index (Phi) is 3.06. The number of hydrogen-bond donors (Lipinski definition) is 0. The van der Waals surface area contributed by atoms with E-state index >= 15 is 0 Å². The number of nitrogens with zero attached hydrogens (tertiary/aromatic N) is 5. The molecule has 0 atom stereocenters. The van der Waals surface area contributed by atoms with Crippen molar-refractivity contribution in [3.8, 4) is 0 Å². The van der Waals surface area contributed by atoms with Crippen LogP contribution < -0.4 is 0 Å². The van der Waals surface area contributed by atoms with Crippen LogP contribution in [0.25, 0.3) is 0 Å². The summed E-state index contributed by atoms with van der Waals surface area (Å²) in [5, 5.41) is 4.55. The number of hydrogen-bond acceptors (Lipinski definition) is 4. The summed E-state index contributed by atoms with van der Waals surface area (Å²) < 4.78 is 2.15. The zero-order valence-electron chi connectivity index (χ0n) is 11.7. The van der Waals surface area contributed by atoms with Crippen molar-refractivity contribution in [3.63, 3.8) is 0 Å². The lowest BCUT2D eigenvalue weighted by Crippen LogP contribution is -2.47. The average molecular weight is 257 g/mol. The highest BCUT2D eigenvalue weighted by molar-refractivity contribution is 5.09. The molecule has 0 saturated carbocycles. The Balaban J connectivity index is 1.58. The van der Waals surface area contributed by atoms with Crippen molar-refractivity contribution < 1.29 is 0 Å². The van der Waals surface area contributed by atoms with E-state index in [1.54, 1.807) is 0 Å². The molecule has 1 saturated heterocycles. The van der Waals surface area contributed by atoms with Gasteiger partial charge in [0.05, 0.1) is 23.1 Å². The average Bonchev–Trinajstić information content (AvgIpc) is 2.65. The van der Waals surface area contributed by atoms with Crippen LogP contribution in [0.2, 0.25) is 0 Å². The molecule has 100 valence electrons. The van der Waals surface area contributed by atoms with Crippen LogP contribution in [0.4, 0.5) is 0 Å². The smallest absolute Gasteiger partial charge is 0.0776 e. The van der Waals surface area contributed by atoms with Crippen LogP contribution in [0.3, 0.4) is 0 Å². The fraction of sp³-hybridized carbons (Fsp3) is 0.500. The van der Waals surface area contributed by atoms with Gasteiger partial charge in [-0.15, -0.1) is 0 Å². The molecule has 1 fully saturated rings. The number of aromatic nitrogens is 4. The monoisotopic (exact) mass is 257 g/mol. The van der Waals surface area contributed by atoms with Gasteiger partial charge in [-0.2, -0.15) is 5.10 Å². The van der Waals surface area contributed by atoms with Crippen molar-refractivity contribution in [3.05, 3.63) is 41.2 Å². The topological polar surface area (TPSA) is 46.8 Å². The Hall–Kier alpha value is -1.75. The van der Waals surface area contributed by atoms with Crippen molar-refractivity contribution >= 4 is 0 Å². The van der Waals surface area contributed by atoms with Gasteiger partial charge in [0.2, 0.25) is 0 Å². The van der Waals surface area contributed by atoms with Crippen LogP contribution in [-0.4, -0.2) is 37.7 Å². The summed E-state index contributed by atoms with van der Waals surface area (Å²) in [6, 6.07) is 2.64. The maximum Gasteiger partial charge on any atom is 0.0776 e. The summed E-state index contributed by atoms with van der Waals surface area (Å²) in [4.78, 5) is 11.0. The molecule has 0 unspecified atom stereocenters. The molecule has 2 aromatic heterocycles. The van der Waals surface area contributed by atoms with Crippen LogP contribution in [0.15, 0.2) is 18.5 Å². The van der Waals surface area contributed by atoms with Crippen LogP contribution >= 0.6 is 0 Å². The fourth-order valence-corrected chi connectivity index (χ4v) is 2.57. The van der Waals surface area contributed by atoms with Crippen molar-refractivity contribution in [1.82, 2.24) is 24.6 Å². The molecule has 0 aromatic carbocycles. The van der Waals surface area contributed by atoms with E-state index in [-0.39, 0.29) is 0 Å². The standard InChI is InChI=1S/C14H19N5/c1-10-4-12(3)19(17-10)14-8-18(9-14)7-13-6-15-11(2)5-16-13/h4-6,14H,7-9H2,1-3H3. The summed E-state index contributed by atoms with van der Waals surface area (Å²) in [5.41, 5.74) is 4.35. The third kappa shape index (κ3) is 2.51. The first kappa shape index (κ1) is 12.3. The van der Waals surface area contributed by atoms with Gasteiger partial charge in [0.25, 0.3) is 0 Å². The summed E-state index contributed by atoms with van der Waals surface area (Å²) >= 11 is 0. The maximum atomic E-state index is 4.55. The molecule has 3 heterocycles. The molecule has 5 nitrogen and oxygen atoms in total. The van der Waals surface area contributed by atoms with E-state index in [4.69, 9.17) is 0 Å². The Labute approximate surface area is 113 Å². The third-order valence-corrected chi connectivity index (χ3v) is 3.55. The first-order valence-electron chi connectivity index (χ1n) is 6.64. The maximum absolute atomic E-state index is 4.55. The van der Waals surface area contributed by atoms with Gasteiger partial charge in [-0.05, 0) is 26.8 Å². The minimum absolute atomic E-state index is 0.507. The molecule has 1 aliphatic heterocycles. The number of rotatable bonds is 3. The molecule has 0 bridgehead atoms. The first-order valence-corrected chi connectivity index (χ1v) is 6.64. The molecule has 0 aliphatic carbocycles. The summed E-state index contributed by atoms with van der Waals surface area (Å²) in [6.07, 6.45) is 3.69. The molecule has 19 heavy (non-hydrogen) atoms. The van der Waals surface area contributed by atoms with Crippen LogP contribution in [0.5, 0.6) is 0 Å². The van der Waals surface area contributed by atoms with E-state index in [9.17, 15) is 0 Å². The highest BCUT2D eigenvalue weighted by Gasteiger charge is 2.29. The Morgan fingerprint density at radius 2 is 1.89 bits per heavy atom. The van der Waals surface area contributed by atoms with E-state index in [0.717, 1.165) is 36.7 Å². The minimum Gasteiger partial charge on any atom is -0.293 e. The lowest BCUT2D eigenvalue weighted by molar-refractivity contribution is 0.0879. The van der Waals surface area contributed by atoms with Gasteiger partial charge in [0.1, 0.15) is 0 Å². The molecule has 0 amide bonds. The molecule has 0 spiro atoms. The van der Waals surface area contributed by atoms with E-state index < -0.39 is 0 Å². The minimum atomic E-state index is 0.507. The molecule has 0 radical (unpaired) electrons. The second-order valence-electron chi connectivity index (χ2n) is 5.37.